The number of oxime groups is 1. The van der Waals surface area contributed by atoms with Gasteiger partial charge in [0.2, 0.25) is 0 Å². The molecule has 0 atom stereocenters. The highest BCUT2D eigenvalue weighted by atomic mass is 32.1. The standard InChI is InChI=1S/C23H29N3O2S/c1-16(2)12-14-28-18-9-7-17(8-10-18)21(26-27)11-13-25-23-20(15-24)19-5-3-4-6-22(19)29-23/h7-10,16,25,27H,3-6,11-14H2,1-2H3. The molecule has 3 rings (SSSR count). The van der Waals surface area contributed by atoms with Gasteiger partial charge in [0, 0.05) is 17.8 Å². The maximum Gasteiger partial charge on any atom is 0.119 e. The van der Waals surface area contributed by atoms with E-state index in [0.29, 0.717) is 31.2 Å². The van der Waals surface area contributed by atoms with E-state index >= 15 is 0 Å². The summed E-state index contributed by atoms with van der Waals surface area (Å²) in [6.07, 6.45) is 6.04. The highest BCUT2D eigenvalue weighted by Crippen LogP contribution is 2.37. The Bertz CT molecular complexity index is 879. The van der Waals surface area contributed by atoms with Crippen molar-refractivity contribution in [3.05, 3.63) is 45.8 Å². The number of rotatable bonds is 9. The molecule has 0 aliphatic heterocycles. The molecule has 0 bridgehead atoms. The Morgan fingerprint density at radius 2 is 2.03 bits per heavy atom. The minimum atomic E-state index is 0.567. The van der Waals surface area contributed by atoms with Crippen LogP contribution in [0.15, 0.2) is 29.4 Å². The lowest BCUT2D eigenvalue weighted by atomic mass is 9.96. The number of nitrogens with zero attached hydrogens (tertiary/aromatic N) is 2. The Morgan fingerprint density at radius 1 is 1.28 bits per heavy atom. The summed E-state index contributed by atoms with van der Waals surface area (Å²) >= 11 is 1.70. The molecule has 1 aliphatic rings. The summed E-state index contributed by atoms with van der Waals surface area (Å²) in [4.78, 5) is 1.35. The summed E-state index contributed by atoms with van der Waals surface area (Å²) in [5.41, 5.74) is 3.52. The maximum absolute atomic E-state index is 9.55. The predicted octanol–water partition coefficient (Wildman–Crippen LogP) is 5.60. The van der Waals surface area contributed by atoms with Crippen molar-refractivity contribution in [2.75, 3.05) is 18.5 Å². The SMILES string of the molecule is CC(C)CCOc1ccc(C(CCNc2sc3c(c2C#N)CCCC3)=NO)cc1. The van der Waals surface area contributed by atoms with E-state index in [1.54, 1.807) is 11.3 Å². The van der Waals surface area contributed by atoms with Crippen LogP contribution in [-0.4, -0.2) is 24.1 Å². The van der Waals surface area contributed by atoms with Gasteiger partial charge >= 0.3 is 0 Å². The molecule has 0 saturated carbocycles. The van der Waals surface area contributed by atoms with E-state index in [2.05, 4.69) is 30.4 Å². The Balaban J connectivity index is 1.56. The molecule has 2 aromatic rings. The van der Waals surface area contributed by atoms with Crippen molar-refractivity contribution >= 4 is 22.0 Å². The van der Waals surface area contributed by atoms with Crippen LogP contribution >= 0.6 is 11.3 Å². The smallest absolute Gasteiger partial charge is 0.119 e. The Labute approximate surface area is 177 Å². The maximum atomic E-state index is 9.55. The van der Waals surface area contributed by atoms with Crippen molar-refractivity contribution in [3.8, 4) is 11.8 Å². The van der Waals surface area contributed by atoms with Crippen LogP contribution in [0.5, 0.6) is 5.75 Å². The first-order valence-electron chi connectivity index (χ1n) is 10.3. The highest BCUT2D eigenvalue weighted by molar-refractivity contribution is 7.16. The van der Waals surface area contributed by atoms with Crippen LogP contribution in [0, 0.1) is 17.2 Å². The van der Waals surface area contributed by atoms with E-state index in [-0.39, 0.29) is 0 Å². The van der Waals surface area contributed by atoms with Gasteiger partial charge in [0.15, 0.2) is 0 Å². The second-order valence-corrected chi connectivity index (χ2v) is 8.91. The number of fused-ring (bicyclic) bond motifs is 1. The van der Waals surface area contributed by atoms with Gasteiger partial charge in [-0.05, 0) is 73.4 Å². The molecular weight excluding hydrogens is 382 g/mol. The zero-order chi connectivity index (χ0) is 20.6. The molecule has 0 fully saturated rings. The van der Waals surface area contributed by atoms with Crippen molar-refractivity contribution in [1.29, 1.82) is 5.26 Å². The van der Waals surface area contributed by atoms with Gasteiger partial charge < -0.3 is 15.3 Å². The molecule has 0 unspecified atom stereocenters. The van der Waals surface area contributed by atoms with Crippen LogP contribution in [0.2, 0.25) is 0 Å². The molecule has 154 valence electrons. The van der Waals surface area contributed by atoms with E-state index in [4.69, 9.17) is 4.74 Å². The molecule has 0 amide bonds. The van der Waals surface area contributed by atoms with Gasteiger partial charge in [-0.25, -0.2) is 0 Å². The number of benzene rings is 1. The fourth-order valence-electron chi connectivity index (χ4n) is 3.51. The molecular formula is C23H29N3O2S. The molecule has 29 heavy (non-hydrogen) atoms. The fourth-order valence-corrected chi connectivity index (χ4v) is 4.78. The molecule has 1 heterocycles. The number of nitriles is 1. The van der Waals surface area contributed by atoms with Crippen LogP contribution < -0.4 is 10.1 Å². The van der Waals surface area contributed by atoms with Crippen molar-refractivity contribution in [1.82, 2.24) is 0 Å². The number of hydrogen-bond acceptors (Lipinski definition) is 6. The van der Waals surface area contributed by atoms with Gasteiger partial charge in [-0.15, -0.1) is 11.3 Å². The van der Waals surface area contributed by atoms with Gasteiger partial charge in [0.25, 0.3) is 0 Å². The van der Waals surface area contributed by atoms with Crippen molar-refractivity contribution in [2.24, 2.45) is 11.1 Å². The van der Waals surface area contributed by atoms with Gasteiger partial charge in [-0.2, -0.15) is 5.26 Å². The second-order valence-electron chi connectivity index (χ2n) is 7.81. The summed E-state index contributed by atoms with van der Waals surface area (Å²) < 4.78 is 5.75. The summed E-state index contributed by atoms with van der Waals surface area (Å²) in [5, 5.41) is 26.8. The van der Waals surface area contributed by atoms with Crippen LogP contribution in [0.1, 0.15) is 61.1 Å². The third-order valence-electron chi connectivity index (χ3n) is 5.20. The minimum absolute atomic E-state index is 0.567. The van der Waals surface area contributed by atoms with Crippen molar-refractivity contribution in [3.63, 3.8) is 0 Å². The van der Waals surface area contributed by atoms with E-state index in [0.717, 1.165) is 47.6 Å². The lowest BCUT2D eigenvalue weighted by Gasteiger charge is -2.10. The van der Waals surface area contributed by atoms with Crippen LogP contribution in [0.3, 0.4) is 0 Å². The topological polar surface area (TPSA) is 77.6 Å². The molecule has 0 saturated heterocycles. The number of nitrogens with one attached hydrogen (secondary N) is 1. The van der Waals surface area contributed by atoms with Gasteiger partial charge in [-0.1, -0.05) is 19.0 Å². The van der Waals surface area contributed by atoms with E-state index in [1.807, 2.05) is 24.3 Å². The Hall–Kier alpha value is -2.52. The fraction of sp³-hybridized carbons (Fsp3) is 0.478. The summed E-state index contributed by atoms with van der Waals surface area (Å²) in [7, 11) is 0. The van der Waals surface area contributed by atoms with Crippen LogP contribution in [0.25, 0.3) is 0 Å². The zero-order valence-electron chi connectivity index (χ0n) is 17.2. The number of ether oxygens (including phenoxy) is 1. The average Bonchev–Trinajstić information content (AvgIpc) is 3.09. The average molecular weight is 412 g/mol. The second kappa shape index (κ2) is 10.3. The number of hydrogen-bond donors (Lipinski definition) is 2. The van der Waals surface area contributed by atoms with Gasteiger partial charge in [-0.3, -0.25) is 0 Å². The van der Waals surface area contributed by atoms with Gasteiger partial charge in [0.05, 0.1) is 17.9 Å². The van der Waals surface area contributed by atoms with Crippen LogP contribution in [0.4, 0.5) is 5.00 Å². The Morgan fingerprint density at radius 3 is 2.72 bits per heavy atom. The normalized spacial score (nSPS) is 13.8. The first kappa shape index (κ1) is 21.2. The predicted molar refractivity (Wildman–Crippen MR) is 118 cm³/mol. The van der Waals surface area contributed by atoms with Crippen molar-refractivity contribution in [2.45, 2.75) is 52.4 Å². The monoisotopic (exact) mass is 411 g/mol. The van der Waals surface area contributed by atoms with E-state index < -0.39 is 0 Å². The third kappa shape index (κ3) is 5.51. The molecule has 1 aliphatic carbocycles. The van der Waals surface area contributed by atoms with E-state index in [9.17, 15) is 10.5 Å². The molecule has 0 radical (unpaired) electrons. The van der Waals surface area contributed by atoms with Crippen molar-refractivity contribution < 1.29 is 9.94 Å². The molecule has 1 aromatic carbocycles. The third-order valence-corrected chi connectivity index (χ3v) is 6.45. The molecule has 5 nitrogen and oxygen atoms in total. The first-order chi connectivity index (χ1) is 14.1. The summed E-state index contributed by atoms with van der Waals surface area (Å²) in [6, 6.07) is 10.0. The molecule has 1 aromatic heterocycles. The zero-order valence-corrected chi connectivity index (χ0v) is 18.0. The lowest BCUT2D eigenvalue weighted by Crippen LogP contribution is -2.10. The highest BCUT2D eigenvalue weighted by Gasteiger charge is 2.20. The quantitative estimate of drug-likeness (QED) is 0.320. The number of thiophene rings is 1. The summed E-state index contributed by atoms with van der Waals surface area (Å²) in [5.74, 6) is 1.44. The van der Waals surface area contributed by atoms with Crippen LogP contribution in [-0.2, 0) is 12.8 Å². The molecule has 6 heteroatoms. The first-order valence-corrected chi connectivity index (χ1v) is 11.2. The molecule has 0 spiro atoms. The van der Waals surface area contributed by atoms with E-state index in [1.165, 1.54) is 16.9 Å². The Kier molecular flexibility index (Phi) is 7.54. The summed E-state index contributed by atoms with van der Waals surface area (Å²) in [6.45, 7) is 5.67. The lowest BCUT2D eigenvalue weighted by molar-refractivity contribution is 0.289. The number of anilines is 1. The van der Waals surface area contributed by atoms with Gasteiger partial charge in [0.1, 0.15) is 16.8 Å². The largest absolute Gasteiger partial charge is 0.494 e. The molecule has 2 N–H and O–H groups in total. The number of aryl methyl sites for hydroxylation is 1. The minimum Gasteiger partial charge on any atom is -0.494 e.